The minimum Gasteiger partial charge on any atom is -0.485 e. The average Bonchev–Trinajstić information content (AvgIpc) is 3.04. The van der Waals surface area contributed by atoms with Gasteiger partial charge >= 0.3 is 6.18 Å². The molecule has 0 spiro atoms. The second-order valence-corrected chi connectivity index (χ2v) is 6.17. The number of ether oxygens (including phenoxy) is 2. The molecule has 3 rings (SSSR count). The van der Waals surface area contributed by atoms with Gasteiger partial charge in [0.1, 0.15) is 18.5 Å². The van der Waals surface area contributed by atoms with E-state index in [2.05, 4.69) is 5.32 Å². The van der Waals surface area contributed by atoms with Gasteiger partial charge in [-0.1, -0.05) is 11.6 Å². The van der Waals surface area contributed by atoms with Gasteiger partial charge in [0.15, 0.2) is 11.5 Å². The maximum Gasteiger partial charge on any atom is 0.449 e. The van der Waals surface area contributed by atoms with Crippen LogP contribution in [-0.2, 0) is 12.8 Å². The van der Waals surface area contributed by atoms with Crippen LogP contribution in [0.2, 0.25) is 5.02 Å². The van der Waals surface area contributed by atoms with Crippen molar-refractivity contribution in [2.75, 3.05) is 13.1 Å². The van der Waals surface area contributed by atoms with E-state index in [4.69, 9.17) is 25.5 Å². The first-order valence-corrected chi connectivity index (χ1v) is 8.25. The number of alkyl halides is 3. The third-order valence-electron chi connectivity index (χ3n) is 3.76. The number of halogens is 4. The zero-order chi connectivity index (χ0) is 17.9. The van der Waals surface area contributed by atoms with Crippen LogP contribution < -0.4 is 14.8 Å². The van der Waals surface area contributed by atoms with Gasteiger partial charge in [-0.15, -0.1) is 0 Å². The van der Waals surface area contributed by atoms with E-state index in [0.717, 1.165) is 32.0 Å². The molecule has 4 nitrogen and oxygen atoms in total. The minimum absolute atomic E-state index is 0.00462. The van der Waals surface area contributed by atoms with Crippen molar-refractivity contribution in [2.24, 2.45) is 0 Å². The second kappa shape index (κ2) is 7.58. The number of nitrogens with one attached hydrogen (secondary N) is 1. The summed E-state index contributed by atoms with van der Waals surface area (Å²) in [6.07, 6.45) is -2.60. The molecule has 0 radical (unpaired) electrons. The third kappa shape index (κ3) is 4.83. The van der Waals surface area contributed by atoms with Crippen LogP contribution in [0.3, 0.4) is 0 Å². The Morgan fingerprint density at radius 2 is 2.04 bits per heavy atom. The summed E-state index contributed by atoms with van der Waals surface area (Å²) < 4.78 is 53.9. The molecule has 1 fully saturated rings. The Morgan fingerprint density at radius 1 is 1.20 bits per heavy atom. The number of furan rings is 1. The molecular weight excluding hydrogens is 359 g/mol. The summed E-state index contributed by atoms with van der Waals surface area (Å²) >= 11 is 6.01. The lowest BCUT2D eigenvalue weighted by atomic mass is 10.1. The molecule has 1 N–H and O–H groups in total. The van der Waals surface area contributed by atoms with E-state index in [1.807, 2.05) is 0 Å². The zero-order valence-electron chi connectivity index (χ0n) is 13.2. The van der Waals surface area contributed by atoms with Crippen molar-refractivity contribution in [2.45, 2.75) is 31.7 Å². The molecule has 1 saturated heterocycles. The van der Waals surface area contributed by atoms with Gasteiger partial charge in [-0.05, 0) is 43.7 Å². The highest BCUT2D eigenvalue weighted by molar-refractivity contribution is 6.30. The lowest BCUT2D eigenvalue weighted by Gasteiger charge is -2.25. The summed E-state index contributed by atoms with van der Waals surface area (Å²) in [5.74, 6) is -0.108. The summed E-state index contributed by atoms with van der Waals surface area (Å²) in [7, 11) is 0. The van der Waals surface area contributed by atoms with Gasteiger partial charge in [0.2, 0.25) is 5.76 Å². The number of hydrogen-bond acceptors (Lipinski definition) is 4. The molecule has 0 aliphatic carbocycles. The zero-order valence-corrected chi connectivity index (χ0v) is 14.0. The lowest BCUT2D eigenvalue weighted by molar-refractivity contribution is -0.153. The van der Waals surface area contributed by atoms with Gasteiger partial charge in [0.25, 0.3) is 0 Å². The number of hydrogen-bond donors (Lipinski definition) is 1. The normalized spacial score (nSPS) is 18.2. The average molecular weight is 376 g/mol. The van der Waals surface area contributed by atoms with Gasteiger partial charge in [-0.3, -0.25) is 0 Å². The SMILES string of the molecule is FC(F)(F)c1ccc(COc2ccc(Cl)cc2OC2CCCNC2)o1. The summed E-state index contributed by atoms with van der Waals surface area (Å²) in [6.45, 7) is 1.54. The number of rotatable bonds is 5. The molecule has 1 unspecified atom stereocenters. The molecule has 0 bridgehead atoms. The quantitative estimate of drug-likeness (QED) is 0.825. The van der Waals surface area contributed by atoms with Crippen molar-refractivity contribution in [3.05, 3.63) is 46.9 Å². The van der Waals surface area contributed by atoms with Crippen molar-refractivity contribution in [1.29, 1.82) is 0 Å². The standard InChI is InChI=1S/C17H17ClF3NO3/c18-11-3-5-14(15(8-11)24-12-2-1-7-22-9-12)23-10-13-4-6-16(25-13)17(19,20)21/h3-6,8,12,22H,1-2,7,9-10H2. The van der Waals surface area contributed by atoms with Crippen LogP contribution in [0, 0.1) is 0 Å². The van der Waals surface area contributed by atoms with Crippen molar-refractivity contribution < 1.29 is 27.1 Å². The Morgan fingerprint density at radius 3 is 2.72 bits per heavy atom. The molecule has 136 valence electrons. The molecule has 1 aliphatic rings. The Bertz CT molecular complexity index is 711. The molecule has 8 heteroatoms. The van der Waals surface area contributed by atoms with Crippen LogP contribution in [0.5, 0.6) is 11.5 Å². The topological polar surface area (TPSA) is 43.6 Å². The molecule has 1 atom stereocenters. The number of benzene rings is 1. The maximum absolute atomic E-state index is 12.6. The van der Waals surface area contributed by atoms with Crippen LogP contribution in [0.1, 0.15) is 24.4 Å². The molecule has 25 heavy (non-hydrogen) atoms. The van der Waals surface area contributed by atoms with Gasteiger partial charge in [-0.25, -0.2) is 0 Å². The van der Waals surface area contributed by atoms with Crippen molar-refractivity contribution >= 4 is 11.6 Å². The van der Waals surface area contributed by atoms with Crippen LogP contribution >= 0.6 is 11.6 Å². The molecule has 0 saturated carbocycles. The Balaban J connectivity index is 1.68. The minimum atomic E-state index is -4.51. The predicted octanol–water partition coefficient (Wildman–Crippen LogP) is 4.66. The Labute approximate surface area is 147 Å². The maximum atomic E-state index is 12.6. The van der Waals surface area contributed by atoms with Crippen LogP contribution in [0.4, 0.5) is 13.2 Å². The fraction of sp³-hybridized carbons (Fsp3) is 0.412. The third-order valence-corrected chi connectivity index (χ3v) is 4.00. The number of piperidine rings is 1. The molecule has 1 aromatic carbocycles. The van der Waals surface area contributed by atoms with E-state index in [1.165, 1.54) is 6.07 Å². The second-order valence-electron chi connectivity index (χ2n) is 5.73. The van der Waals surface area contributed by atoms with Gasteiger partial charge in [-0.2, -0.15) is 13.2 Å². The predicted molar refractivity (Wildman–Crippen MR) is 86.0 cm³/mol. The summed E-state index contributed by atoms with van der Waals surface area (Å²) in [6, 6.07) is 7.01. The molecule has 2 aromatic rings. The summed E-state index contributed by atoms with van der Waals surface area (Å²) in [5.41, 5.74) is 0. The monoisotopic (exact) mass is 375 g/mol. The Kier molecular flexibility index (Phi) is 5.44. The molecule has 1 aliphatic heterocycles. The van der Waals surface area contributed by atoms with E-state index in [-0.39, 0.29) is 18.5 Å². The highest BCUT2D eigenvalue weighted by Gasteiger charge is 2.34. The van der Waals surface area contributed by atoms with Crippen LogP contribution in [0.15, 0.2) is 34.7 Å². The first kappa shape index (κ1) is 17.9. The van der Waals surface area contributed by atoms with E-state index in [1.54, 1.807) is 18.2 Å². The lowest BCUT2D eigenvalue weighted by Crippen LogP contribution is -2.37. The molecular formula is C17H17ClF3NO3. The smallest absolute Gasteiger partial charge is 0.449 e. The fourth-order valence-corrected chi connectivity index (χ4v) is 2.71. The van der Waals surface area contributed by atoms with Crippen molar-refractivity contribution in [3.8, 4) is 11.5 Å². The van der Waals surface area contributed by atoms with Crippen LogP contribution in [0.25, 0.3) is 0 Å². The van der Waals surface area contributed by atoms with E-state index in [0.29, 0.717) is 16.5 Å². The highest BCUT2D eigenvalue weighted by Crippen LogP contribution is 2.34. The van der Waals surface area contributed by atoms with E-state index >= 15 is 0 Å². The fourth-order valence-electron chi connectivity index (χ4n) is 2.55. The van der Waals surface area contributed by atoms with Gasteiger partial charge in [0.05, 0.1) is 0 Å². The molecule has 2 heterocycles. The Hall–Kier alpha value is -1.86. The first-order chi connectivity index (χ1) is 11.9. The van der Waals surface area contributed by atoms with Crippen LogP contribution in [-0.4, -0.2) is 19.2 Å². The van der Waals surface area contributed by atoms with E-state index in [9.17, 15) is 13.2 Å². The first-order valence-electron chi connectivity index (χ1n) is 7.87. The van der Waals surface area contributed by atoms with E-state index < -0.39 is 11.9 Å². The van der Waals surface area contributed by atoms with Gasteiger partial charge in [0, 0.05) is 17.6 Å². The summed E-state index contributed by atoms with van der Waals surface area (Å²) in [5, 5.41) is 3.73. The van der Waals surface area contributed by atoms with Crippen molar-refractivity contribution in [1.82, 2.24) is 5.32 Å². The largest absolute Gasteiger partial charge is 0.485 e. The highest BCUT2D eigenvalue weighted by atomic mass is 35.5. The van der Waals surface area contributed by atoms with Crippen molar-refractivity contribution in [3.63, 3.8) is 0 Å². The van der Waals surface area contributed by atoms with Gasteiger partial charge < -0.3 is 19.2 Å². The molecule has 0 amide bonds. The summed E-state index contributed by atoms with van der Waals surface area (Å²) in [4.78, 5) is 0. The molecule has 1 aromatic heterocycles.